The van der Waals surface area contributed by atoms with Crippen LogP contribution in [0, 0.1) is 6.92 Å². The van der Waals surface area contributed by atoms with E-state index in [9.17, 15) is 9.90 Å². The molecule has 4 heteroatoms. The second-order valence-corrected chi connectivity index (χ2v) is 4.98. The Morgan fingerprint density at radius 2 is 1.95 bits per heavy atom. The summed E-state index contributed by atoms with van der Waals surface area (Å²) in [5.41, 5.74) is 3.43. The third-order valence-corrected chi connectivity index (χ3v) is 3.44. The van der Waals surface area contributed by atoms with E-state index in [1.54, 1.807) is 12.1 Å². The monoisotopic (exact) mass is 285 g/mol. The molecule has 0 bridgehead atoms. The predicted molar refractivity (Wildman–Crippen MR) is 83.2 cm³/mol. The largest absolute Gasteiger partial charge is 0.496 e. The van der Waals surface area contributed by atoms with E-state index in [1.807, 2.05) is 25.2 Å². The number of aromatic carboxylic acids is 1. The Hall–Kier alpha value is -2.49. The molecule has 0 radical (unpaired) electrons. The van der Waals surface area contributed by atoms with Gasteiger partial charge in [0.25, 0.3) is 0 Å². The van der Waals surface area contributed by atoms with Crippen LogP contribution >= 0.6 is 0 Å². The molecule has 4 nitrogen and oxygen atoms in total. The summed E-state index contributed by atoms with van der Waals surface area (Å²) >= 11 is 0. The molecule has 2 aromatic rings. The van der Waals surface area contributed by atoms with Crippen molar-refractivity contribution in [2.75, 3.05) is 19.1 Å². The number of rotatable bonds is 5. The molecule has 0 saturated carbocycles. The van der Waals surface area contributed by atoms with Crippen molar-refractivity contribution in [1.29, 1.82) is 0 Å². The molecule has 0 saturated heterocycles. The molecule has 0 fully saturated rings. The lowest BCUT2D eigenvalue weighted by atomic mass is 10.1. The molecule has 110 valence electrons. The lowest BCUT2D eigenvalue weighted by molar-refractivity contribution is 0.0693. The van der Waals surface area contributed by atoms with Crippen LogP contribution in [0.3, 0.4) is 0 Å². The maximum atomic E-state index is 11.2. The standard InChI is InChI=1S/C17H19NO3/c1-12-6-4-5-7-15(12)18(2)11-13-8-9-16(21-3)14(10-13)17(19)20/h4-10H,11H2,1-3H3,(H,19,20). The van der Waals surface area contributed by atoms with Gasteiger partial charge in [0.05, 0.1) is 7.11 Å². The Morgan fingerprint density at radius 1 is 1.24 bits per heavy atom. The highest BCUT2D eigenvalue weighted by molar-refractivity contribution is 5.91. The molecule has 1 N–H and O–H groups in total. The van der Waals surface area contributed by atoms with Gasteiger partial charge < -0.3 is 14.7 Å². The van der Waals surface area contributed by atoms with E-state index in [-0.39, 0.29) is 5.56 Å². The van der Waals surface area contributed by atoms with Crippen LogP contribution in [0.15, 0.2) is 42.5 Å². The minimum atomic E-state index is -0.979. The van der Waals surface area contributed by atoms with Gasteiger partial charge in [-0.05, 0) is 36.2 Å². The number of nitrogens with zero attached hydrogens (tertiary/aromatic N) is 1. The molecule has 0 aliphatic rings. The highest BCUT2D eigenvalue weighted by Crippen LogP contribution is 2.23. The zero-order valence-corrected chi connectivity index (χ0v) is 12.5. The van der Waals surface area contributed by atoms with Crippen molar-refractivity contribution in [3.63, 3.8) is 0 Å². The summed E-state index contributed by atoms with van der Waals surface area (Å²) in [6.07, 6.45) is 0. The molecule has 0 atom stereocenters. The van der Waals surface area contributed by atoms with Gasteiger partial charge in [0.1, 0.15) is 11.3 Å². The maximum Gasteiger partial charge on any atom is 0.339 e. The fraction of sp³-hybridized carbons (Fsp3) is 0.235. The van der Waals surface area contributed by atoms with Crippen molar-refractivity contribution >= 4 is 11.7 Å². The molecule has 2 aromatic carbocycles. The van der Waals surface area contributed by atoms with Gasteiger partial charge in [0.2, 0.25) is 0 Å². The number of carboxylic acid groups (broad SMARTS) is 1. The van der Waals surface area contributed by atoms with Gasteiger partial charge in [0, 0.05) is 19.3 Å². The zero-order chi connectivity index (χ0) is 15.4. The van der Waals surface area contributed by atoms with Crippen molar-refractivity contribution in [2.45, 2.75) is 13.5 Å². The van der Waals surface area contributed by atoms with Crippen molar-refractivity contribution < 1.29 is 14.6 Å². The highest BCUT2D eigenvalue weighted by Gasteiger charge is 2.13. The first-order valence-electron chi connectivity index (χ1n) is 6.70. The fourth-order valence-electron chi connectivity index (χ4n) is 2.37. The van der Waals surface area contributed by atoms with E-state index in [1.165, 1.54) is 12.7 Å². The highest BCUT2D eigenvalue weighted by atomic mass is 16.5. The fourth-order valence-corrected chi connectivity index (χ4v) is 2.37. The third kappa shape index (κ3) is 3.34. The summed E-state index contributed by atoms with van der Waals surface area (Å²) < 4.78 is 5.08. The number of carboxylic acids is 1. The van der Waals surface area contributed by atoms with Gasteiger partial charge in [-0.1, -0.05) is 24.3 Å². The molecule has 0 unspecified atom stereocenters. The number of benzene rings is 2. The van der Waals surface area contributed by atoms with Crippen molar-refractivity contribution in [2.24, 2.45) is 0 Å². The second-order valence-electron chi connectivity index (χ2n) is 4.98. The van der Waals surface area contributed by atoms with Gasteiger partial charge in [0.15, 0.2) is 0 Å². The van der Waals surface area contributed by atoms with Crippen LogP contribution in [0.25, 0.3) is 0 Å². The Balaban J connectivity index is 2.26. The van der Waals surface area contributed by atoms with Crippen LogP contribution < -0.4 is 9.64 Å². The summed E-state index contributed by atoms with van der Waals surface area (Å²) in [5, 5.41) is 9.22. The van der Waals surface area contributed by atoms with Crippen LogP contribution in [0.4, 0.5) is 5.69 Å². The lowest BCUT2D eigenvalue weighted by Gasteiger charge is -2.22. The van der Waals surface area contributed by atoms with Gasteiger partial charge in [-0.2, -0.15) is 0 Å². The molecule has 21 heavy (non-hydrogen) atoms. The maximum absolute atomic E-state index is 11.2. The Labute approximate surface area is 124 Å². The number of methoxy groups -OCH3 is 1. The smallest absolute Gasteiger partial charge is 0.339 e. The molecule has 0 amide bonds. The van der Waals surface area contributed by atoms with E-state index in [4.69, 9.17) is 4.74 Å². The van der Waals surface area contributed by atoms with Crippen molar-refractivity contribution in [1.82, 2.24) is 0 Å². The van der Waals surface area contributed by atoms with E-state index in [0.29, 0.717) is 12.3 Å². The first-order valence-corrected chi connectivity index (χ1v) is 6.70. The third-order valence-electron chi connectivity index (χ3n) is 3.44. The number of anilines is 1. The van der Waals surface area contributed by atoms with Gasteiger partial charge in [-0.25, -0.2) is 4.79 Å². The summed E-state index contributed by atoms with van der Waals surface area (Å²) in [6, 6.07) is 13.4. The lowest BCUT2D eigenvalue weighted by Crippen LogP contribution is -2.17. The summed E-state index contributed by atoms with van der Waals surface area (Å²) in [5.74, 6) is -0.600. The second kappa shape index (κ2) is 6.31. The van der Waals surface area contributed by atoms with Crippen LogP contribution in [-0.2, 0) is 6.54 Å². The minimum Gasteiger partial charge on any atom is -0.496 e. The number of ether oxygens (including phenoxy) is 1. The van der Waals surface area contributed by atoms with Crippen molar-refractivity contribution in [3.05, 3.63) is 59.2 Å². The number of hydrogen-bond acceptors (Lipinski definition) is 3. The predicted octanol–water partition coefficient (Wildman–Crippen LogP) is 3.34. The first kappa shape index (κ1) is 14.9. The minimum absolute atomic E-state index is 0.188. The average molecular weight is 285 g/mol. The molecular formula is C17H19NO3. The number of para-hydroxylation sites is 1. The van der Waals surface area contributed by atoms with Gasteiger partial charge in [-0.15, -0.1) is 0 Å². The number of carbonyl (C=O) groups is 1. The summed E-state index contributed by atoms with van der Waals surface area (Å²) in [6.45, 7) is 2.69. The molecule has 0 aromatic heterocycles. The molecule has 0 aliphatic carbocycles. The zero-order valence-electron chi connectivity index (χ0n) is 12.5. The van der Waals surface area contributed by atoms with E-state index in [0.717, 1.165) is 11.3 Å². The van der Waals surface area contributed by atoms with Crippen LogP contribution in [0.2, 0.25) is 0 Å². The van der Waals surface area contributed by atoms with Crippen molar-refractivity contribution in [3.8, 4) is 5.75 Å². The summed E-state index contributed by atoms with van der Waals surface area (Å²) in [4.78, 5) is 13.3. The van der Waals surface area contributed by atoms with E-state index >= 15 is 0 Å². The normalized spacial score (nSPS) is 10.2. The summed E-state index contributed by atoms with van der Waals surface area (Å²) in [7, 11) is 3.47. The van der Waals surface area contributed by atoms with Crippen LogP contribution in [-0.4, -0.2) is 25.2 Å². The number of hydrogen-bond donors (Lipinski definition) is 1. The SMILES string of the molecule is COc1ccc(CN(C)c2ccccc2C)cc1C(=O)O. The van der Waals surface area contributed by atoms with Crippen LogP contribution in [0.5, 0.6) is 5.75 Å². The molecule has 0 heterocycles. The Kier molecular flexibility index (Phi) is 4.48. The first-order chi connectivity index (χ1) is 10.0. The average Bonchev–Trinajstić information content (AvgIpc) is 2.47. The Morgan fingerprint density at radius 3 is 2.57 bits per heavy atom. The quantitative estimate of drug-likeness (QED) is 0.915. The molecular weight excluding hydrogens is 266 g/mol. The van der Waals surface area contributed by atoms with Gasteiger partial charge in [-0.3, -0.25) is 0 Å². The molecule has 2 rings (SSSR count). The van der Waals surface area contributed by atoms with Crippen LogP contribution in [0.1, 0.15) is 21.5 Å². The van der Waals surface area contributed by atoms with E-state index in [2.05, 4.69) is 24.0 Å². The molecule has 0 aliphatic heterocycles. The van der Waals surface area contributed by atoms with Gasteiger partial charge >= 0.3 is 5.97 Å². The molecule has 0 spiro atoms. The Bertz CT molecular complexity index is 652. The topological polar surface area (TPSA) is 49.8 Å². The van der Waals surface area contributed by atoms with E-state index < -0.39 is 5.97 Å². The number of aryl methyl sites for hydroxylation is 1.